The summed E-state index contributed by atoms with van der Waals surface area (Å²) in [5, 5.41) is 0. The second-order valence-corrected chi connectivity index (χ2v) is 7.06. The molecule has 0 aromatic carbocycles. The summed E-state index contributed by atoms with van der Waals surface area (Å²) < 4.78 is 0. The molecule has 0 aromatic rings. The van der Waals surface area contributed by atoms with Gasteiger partial charge in [-0.2, -0.15) is 0 Å². The number of rotatable bonds is 5. The Labute approximate surface area is 108 Å². The third kappa shape index (κ3) is 3.69. The topological polar surface area (TPSA) is 29.3 Å². The van der Waals surface area contributed by atoms with Crippen molar-refractivity contribution < 1.29 is 0 Å². The number of nitrogens with zero attached hydrogens (tertiary/aromatic N) is 1. The Balaban J connectivity index is 2.78. The molecular formula is C15H32N2. The first-order valence-electron chi connectivity index (χ1n) is 7.26. The van der Waals surface area contributed by atoms with Crippen molar-refractivity contribution in [3.8, 4) is 0 Å². The molecule has 102 valence electrons. The van der Waals surface area contributed by atoms with Gasteiger partial charge in [-0.3, -0.25) is 4.90 Å². The van der Waals surface area contributed by atoms with Gasteiger partial charge in [0.25, 0.3) is 0 Å². The second-order valence-electron chi connectivity index (χ2n) is 7.06. The molecule has 0 aromatic heterocycles. The maximum atomic E-state index is 6.15. The van der Waals surface area contributed by atoms with Gasteiger partial charge < -0.3 is 5.73 Å². The lowest BCUT2D eigenvalue weighted by Crippen LogP contribution is -2.57. The van der Waals surface area contributed by atoms with Gasteiger partial charge in [0, 0.05) is 12.1 Å². The van der Waals surface area contributed by atoms with Crippen LogP contribution in [0.3, 0.4) is 0 Å². The van der Waals surface area contributed by atoms with E-state index in [1.807, 2.05) is 0 Å². The molecule has 2 unspecified atom stereocenters. The van der Waals surface area contributed by atoms with Gasteiger partial charge in [0.15, 0.2) is 0 Å². The first-order valence-corrected chi connectivity index (χ1v) is 7.26. The standard InChI is InChI=1S/C15H32N2/c1-6-7-8-17(5)15(12-16)10-13(2)9-14(3,4)11-15/h13H,6-12,16H2,1-5H3. The van der Waals surface area contributed by atoms with Crippen molar-refractivity contribution in [2.75, 3.05) is 20.1 Å². The fraction of sp³-hybridized carbons (Fsp3) is 1.00. The van der Waals surface area contributed by atoms with Crippen LogP contribution in [0.15, 0.2) is 0 Å². The highest BCUT2D eigenvalue weighted by Crippen LogP contribution is 2.45. The molecule has 1 aliphatic rings. The molecule has 2 nitrogen and oxygen atoms in total. The Hall–Kier alpha value is -0.0800. The van der Waals surface area contributed by atoms with Gasteiger partial charge in [-0.25, -0.2) is 0 Å². The minimum Gasteiger partial charge on any atom is -0.329 e. The second kappa shape index (κ2) is 5.71. The van der Waals surface area contributed by atoms with E-state index >= 15 is 0 Å². The van der Waals surface area contributed by atoms with Gasteiger partial charge in [-0.1, -0.05) is 34.1 Å². The third-order valence-corrected chi connectivity index (χ3v) is 4.47. The summed E-state index contributed by atoms with van der Waals surface area (Å²) in [6, 6.07) is 0. The Morgan fingerprint density at radius 2 is 1.94 bits per heavy atom. The number of unbranched alkanes of at least 4 members (excludes halogenated alkanes) is 1. The van der Waals surface area contributed by atoms with E-state index in [-0.39, 0.29) is 5.54 Å². The van der Waals surface area contributed by atoms with Gasteiger partial charge in [0.1, 0.15) is 0 Å². The summed E-state index contributed by atoms with van der Waals surface area (Å²) in [6.45, 7) is 11.5. The van der Waals surface area contributed by atoms with Crippen molar-refractivity contribution in [2.24, 2.45) is 17.1 Å². The highest BCUT2D eigenvalue weighted by Gasteiger charge is 2.44. The minimum absolute atomic E-state index is 0.246. The average Bonchev–Trinajstić information content (AvgIpc) is 2.22. The first-order chi connectivity index (χ1) is 7.85. The summed E-state index contributed by atoms with van der Waals surface area (Å²) in [6.07, 6.45) is 6.42. The normalized spacial score (nSPS) is 33.0. The van der Waals surface area contributed by atoms with E-state index in [0.29, 0.717) is 5.41 Å². The molecule has 2 atom stereocenters. The molecule has 0 aliphatic heterocycles. The molecule has 0 saturated heterocycles. The van der Waals surface area contributed by atoms with Gasteiger partial charge in [0.2, 0.25) is 0 Å². The van der Waals surface area contributed by atoms with E-state index in [0.717, 1.165) is 12.5 Å². The van der Waals surface area contributed by atoms with Crippen LogP contribution in [0.25, 0.3) is 0 Å². The third-order valence-electron chi connectivity index (χ3n) is 4.47. The lowest BCUT2D eigenvalue weighted by atomic mass is 9.63. The van der Waals surface area contributed by atoms with Crippen LogP contribution in [-0.4, -0.2) is 30.6 Å². The van der Waals surface area contributed by atoms with E-state index in [1.54, 1.807) is 0 Å². The van der Waals surface area contributed by atoms with Crippen LogP contribution in [0.2, 0.25) is 0 Å². The Kier molecular flexibility index (Phi) is 5.03. The molecule has 1 fully saturated rings. The molecule has 0 spiro atoms. The summed E-state index contributed by atoms with van der Waals surface area (Å²) >= 11 is 0. The van der Waals surface area contributed by atoms with Crippen LogP contribution in [0.4, 0.5) is 0 Å². The van der Waals surface area contributed by atoms with Crippen LogP contribution in [0.5, 0.6) is 0 Å². The zero-order valence-corrected chi connectivity index (χ0v) is 12.6. The zero-order chi connectivity index (χ0) is 13.1. The highest BCUT2D eigenvalue weighted by molar-refractivity contribution is 5.00. The summed E-state index contributed by atoms with van der Waals surface area (Å²) in [5.41, 5.74) is 6.84. The van der Waals surface area contributed by atoms with Gasteiger partial charge >= 0.3 is 0 Å². The molecule has 2 heteroatoms. The number of likely N-dealkylation sites (N-methyl/N-ethyl adjacent to an activating group) is 1. The van der Waals surface area contributed by atoms with Crippen molar-refractivity contribution in [1.82, 2.24) is 4.90 Å². The molecule has 17 heavy (non-hydrogen) atoms. The van der Waals surface area contributed by atoms with Crippen molar-refractivity contribution >= 4 is 0 Å². The Morgan fingerprint density at radius 1 is 1.29 bits per heavy atom. The lowest BCUT2D eigenvalue weighted by molar-refractivity contribution is 0.00282. The van der Waals surface area contributed by atoms with Gasteiger partial charge in [0.05, 0.1) is 0 Å². The van der Waals surface area contributed by atoms with Crippen molar-refractivity contribution in [3.63, 3.8) is 0 Å². The van der Waals surface area contributed by atoms with Crippen LogP contribution < -0.4 is 5.73 Å². The molecular weight excluding hydrogens is 208 g/mol. The minimum atomic E-state index is 0.246. The molecule has 0 bridgehead atoms. The molecule has 1 saturated carbocycles. The van der Waals surface area contributed by atoms with E-state index in [4.69, 9.17) is 5.73 Å². The Morgan fingerprint density at radius 3 is 2.41 bits per heavy atom. The zero-order valence-electron chi connectivity index (χ0n) is 12.6. The van der Waals surface area contributed by atoms with Crippen LogP contribution in [0, 0.1) is 11.3 Å². The van der Waals surface area contributed by atoms with Crippen LogP contribution >= 0.6 is 0 Å². The van der Waals surface area contributed by atoms with E-state index in [9.17, 15) is 0 Å². The quantitative estimate of drug-likeness (QED) is 0.799. The maximum Gasteiger partial charge on any atom is 0.0336 e. The van der Waals surface area contributed by atoms with Crippen LogP contribution in [-0.2, 0) is 0 Å². The fourth-order valence-electron chi connectivity index (χ4n) is 3.93. The average molecular weight is 240 g/mol. The molecule has 0 radical (unpaired) electrons. The molecule has 0 amide bonds. The molecule has 2 N–H and O–H groups in total. The predicted octanol–water partition coefficient (Wildman–Crippen LogP) is 3.26. The first kappa shape index (κ1) is 15.0. The summed E-state index contributed by atoms with van der Waals surface area (Å²) in [5.74, 6) is 0.798. The SMILES string of the molecule is CCCCN(C)C1(CN)CC(C)CC(C)(C)C1. The monoisotopic (exact) mass is 240 g/mol. The number of nitrogens with two attached hydrogens (primary N) is 1. The highest BCUT2D eigenvalue weighted by atomic mass is 15.2. The molecule has 1 aliphatic carbocycles. The molecule has 1 rings (SSSR count). The van der Waals surface area contributed by atoms with E-state index in [2.05, 4.69) is 39.6 Å². The van der Waals surface area contributed by atoms with E-state index in [1.165, 1.54) is 38.6 Å². The summed E-state index contributed by atoms with van der Waals surface area (Å²) in [4.78, 5) is 2.55. The van der Waals surface area contributed by atoms with Crippen molar-refractivity contribution in [2.45, 2.75) is 65.3 Å². The lowest BCUT2D eigenvalue weighted by Gasteiger charge is -2.52. The van der Waals surface area contributed by atoms with Crippen molar-refractivity contribution in [3.05, 3.63) is 0 Å². The fourth-order valence-corrected chi connectivity index (χ4v) is 3.93. The van der Waals surface area contributed by atoms with E-state index < -0.39 is 0 Å². The molecule has 0 heterocycles. The maximum absolute atomic E-state index is 6.15. The van der Waals surface area contributed by atoms with Crippen molar-refractivity contribution in [1.29, 1.82) is 0 Å². The Bertz CT molecular complexity index is 237. The predicted molar refractivity (Wildman–Crippen MR) is 76.1 cm³/mol. The van der Waals surface area contributed by atoms with Crippen LogP contribution in [0.1, 0.15) is 59.8 Å². The number of hydrogen-bond acceptors (Lipinski definition) is 2. The van der Waals surface area contributed by atoms with Gasteiger partial charge in [-0.05, 0) is 50.6 Å². The number of hydrogen-bond donors (Lipinski definition) is 1. The largest absolute Gasteiger partial charge is 0.329 e. The summed E-state index contributed by atoms with van der Waals surface area (Å²) in [7, 11) is 2.27. The van der Waals surface area contributed by atoms with Gasteiger partial charge in [-0.15, -0.1) is 0 Å². The smallest absolute Gasteiger partial charge is 0.0336 e.